The number of pyridine rings is 1. The van der Waals surface area contributed by atoms with Gasteiger partial charge in [0.1, 0.15) is 0 Å². The summed E-state index contributed by atoms with van der Waals surface area (Å²) in [7, 11) is 0. The van der Waals surface area contributed by atoms with Crippen LogP contribution in [-0.2, 0) is 0 Å². The highest BCUT2D eigenvalue weighted by atomic mass is 79.9. The molecule has 1 saturated heterocycles. The Kier molecular flexibility index (Phi) is 3.58. The lowest BCUT2D eigenvalue weighted by molar-refractivity contribution is -0.384. The molecular formula is C10H13BrN4O2. The summed E-state index contributed by atoms with van der Waals surface area (Å²) in [6, 6.07) is 1.70. The second kappa shape index (κ2) is 4.97. The summed E-state index contributed by atoms with van der Waals surface area (Å²) in [5.74, 6) is 0.451. The van der Waals surface area contributed by atoms with Gasteiger partial charge in [-0.3, -0.25) is 10.1 Å². The zero-order chi connectivity index (χ0) is 12.4. The van der Waals surface area contributed by atoms with Crippen LogP contribution in [0.15, 0.2) is 16.7 Å². The van der Waals surface area contributed by atoms with E-state index in [1.807, 2.05) is 11.8 Å². The van der Waals surface area contributed by atoms with Gasteiger partial charge in [0.05, 0.1) is 4.92 Å². The molecule has 0 aliphatic carbocycles. The number of anilines is 1. The lowest BCUT2D eigenvalue weighted by atomic mass is 10.2. The zero-order valence-electron chi connectivity index (χ0n) is 9.39. The molecule has 1 aromatic rings. The number of halogens is 1. The van der Waals surface area contributed by atoms with Gasteiger partial charge in [0.15, 0.2) is 0 Å². The maximum absolute atomic E-state index is 11.0. The number of aromatic nitrogens is 1. The molecule has 1 fully saturated rings. The third-order valence-electron chi connectivity index (χ3n) is 2.78. The molecule has 1 atom stereocenters. The van der Waals surface area contributed by atoms with Gasteiger partial charge in [0.25, 0.3) is 0 Å². The van der Waals surface area contributed by atoms with E-state index in [0.29, 0.717) is 10.3 Å². The minimum atomic E-state index is -0.387. The molecule has 0 bridgehead atoms. The first-order valence-corrected chi connectivity index (χ1v) is 6.16. The van der Waals surface area contributed by atoms with E-state index in [4.69, 9.17) is 0 Å². The van der Waals surface area contributed by atoms with Crippen LogP contribution in [0.1, 0.15) is 6.92 Å². The van der Waals surface area contributed by atoms with Gasteiger partial charge in [-0.05, 0) is 22.9 Å². The van der Waals surface area contributed by atoms with Crippen LogP contribution in [0.5, 0.6) is 0 Å². The molecule has 1 N–H and O–H groups in total. The Morgan fingerprint density at radius 1 is 1.71 bits per heavy atom. The Morgan fingerprint density at radius 2 is 2.47 bits per heavy atom. The number of rotatable bonds is 2. The Labute approximate surface area is 107 Å². The van der Waals surface area contributed by atoms with Crippen molar-refractivity contribution in [1.82, 2.24) is 10.3 Å². The van der Waals surface area contributed by atoms with E-state index in [1.54, 1.807) is 6.20 Å². The number of nitrogens with one attached hydrogen (secondary N) is 1. The second-order valence-corrected chi connectivity index (χ2v) is 4.92. The topological polar surface area (TPSA) is 71.3 Å². The largest absolute Gasteiger partial charge is 0.346 e. The maximum Gasteiger partial charge on any atom is 0.312 e. The molecule has 1 aliphatic rings. The van der Waals surface area contributed by atoms with Crippen molar-refractivity contribution in [2.75, 3.05) is 24.5 Å². The van der Waals surface area contributed by atoms with Crippen LogP contribution < -0.4 is 10.2 Å². The number of hydrogen-bond acceptors (Lipinski definition) is 5. The Bertz CT molecular complexity index is 440. The van der Waals surface area contributed by atoms with Gasteiger partial charge < -0.3 is 10.2 Å². The van der Waals surface area contributed by atoms with Gasteiger partial charge in [0, 0.05) is 42.4 Å². The van der Waals surface area contributed by atoms with Crippen LogP contribution in [0.3, 0.4) is 0 Å². The van der Waals surface area contributed by atoms with E-state index in [-0.39, 0.29) is 16.7 Å². The van der Waals surface area contributed by atoms with Crippen molar-refractivity contribution >= 4 is 27.4 Å². The van der Waals surface area contributed by atoms with Crippen molar-refractivity contribution in [2.24, 2.45) is 0 Å². The van der Waals surface area contributed by atoms with E-state index in [0.717, 1.165) is 19.6 Å². The first-order valence-electron chi connectivity index (χ1n) is 5.37. The Hall–Kier alpha value is -1.21. The smallest absolute Gasteiger partial charge is 0.312 e. The van der Waals surface area contributed by atoms with Crippen LogP contribution in [0.25, 0.3) is 0 Å². The molecule has 0 saturated carbocycles. The van der Waals surface area contributed by atoms with Crippen molar-refractivity contribution in [3.8, 4) is 0 Å². The summed E-state index contributed by atoms with van der Waals surface area (Å²) >= 11 is 3.21. The minimum Gasteiger partial charge on any atom is -0.346 e. The molecule has 92 valence electrons. The average Bonchev–Trinajstić information content (AvgIpc) is 2.30. The minimum absolute atomic E-state index is 0.0492. The van der Waals surface area contributed by atoms with Crippen molar-refractivity contribution in [3.63, 3.8) is 0 Å². The molecule has 6 nitrogen and oxygen atoms in total. The molecule has 2 heterocycles. The lowest BCUT2D eigenvalue weighted by Crippen LogP contribution is -2.50. The standard InChI is InChI=1S/C10H13BrN4O2/c1-7-5-12-2-3-14(7)10-9(15(16)17)4-8(11)6-13-10/h4,6-7,12H,2-3,5H2,1H3/t7-/m0/s1. The molecule has 0 radical (unpaired) electrons. The summed E-state index contributed by atoms with van der Waals surface area (Å²) in [4.78, 5) is 16.8. The van der Waals surface area contributed by atoms with Crippen LogP contribution in [0.2, 0.25) is 0 Å². The Balaban J connectivity index is 2.39. The van der Waals surface area contributed by atoms with E-state index in [1.165, 1.54) is 6.07 Å². The number of nitrogens with zero attached hydrogens (tertiary/aromatic N) is 3. The van der Waals surface area contributed by atoms with Gasteiger partial charge >= 0.3 is 5.69 Å². The highest BCUT2D eigenvalue weighted by Gasteiger charge is 2.26. The summed E-state index contributed by atoms with van der Waals surface area (Å²) < 4.78 is 0.621. The number of hydrogen-bond donors (Lipinski definition) is 1. The van der Waals surface area contributed by atoms with Gasteiger partial charge in [-0.2, -0.15) is 0 Å². The second-order valence-electron chi connectivity index (χ2n) is 4.00. The SMILES string of the molecule is C[C@H]1CNCCN1c1ncc(Br)cc1[N+](=O)[O-]. The molecule has 1 aliphatic heterocycles. The van der Waals surface area contributed by atoms with Crippen LogP contribution in [-0.4, -0.2) is 35.6 Å². The monoisotopic (exact) mass is 300 g/mol. The molecular weight excluding hydrogens is 288 g/mol. The number of nitro groups is 1. The summed E-state index contributed by atoms with van der Waals surface area (Å²) in [5, 5.41) is 14.3. The zero-order valence-corrected chi connectivity index (χ0v) is 11.0. The highest BCUT2D eigenvalue weighted by molar-refractivity contribution is 9.10. The molecule has 1 aromatic heterocycles. The van der Waals surface area contributed by atoms with E-state index < -0.39 is 0 Å². The predicted octanol–water partition coefficient (Wildman–Crippen LogP) is 1.55. The first-order chi connectivity index (χ1) is 8.09. The van der Waals surface area contributed by atoms with Crippen LogP contribution >= 0.6 is 15.9 Å². The van der Waals surface area contributed by atoms with Gasteiger partial charge in [0.2, 0.25) is 5.82 Å². The molecule has 0 amide bonds. The van der Waals surface area contributed by atoms with Crippen molar-refractivity contribution in [3.05, 3.63) is 26.9 Å². The van der Waals surface area contributed by atoms with Gasteiger partial charge in [-0.25, -0.2) is 4.98 Å². The fraction of sp³-hybridized carbons (Fsp3) is 0.500. The predicted molar refractivity (Wildman–Crippen MR) is 68.3 cm³/mol. The molecule has 17 heavy (non-hydrogen) atoms. The van der Waals surface area contributed by atoms with Crippen molar-refractivity contribution < 1.29 is 4.92 Å². The molecule has 0 aromatic carbocycles. The normalized spacial score (nSPS) is 20.4. The molecule has 7 heteroatoms. The van der Waals surface area contributed by atoms with E-state index in [9.17, 15) is 10.1 Å². The quantitative estimate of drug-likeness (QED) is 0.663. The Morgan fingerprint density at radius 3 is 3.12 bits per heavy atom. The lowest BCUT2D eigenvalue weighted by Gasteiger charge is -2.34. The summed E-state index contributed by atoms with van der Waals surface area (Å²) in [5.41, 5.74) is 0.0492. The third-order valence-corrected chi connectivity index (χ3v) is 3.22. The van der Waals surface area contributed by atoms with Crippen molar-refractivity contribution in [2.45, 2.75) is 13.0 Å². The van der Waals surface area contributed by atoms with Gasteiger partial charge in [-0.15, -0.1) is 0 Å². The maximum atomic E-state index is 11.0. The van der Waals surface area contributed by atoms with Gasteiger partial charge in [-0.1, -0.05) is 0 Å². The first kappa shape index (κ1) is 12.3. The molecule has 0 unspecified atom stereocenters. The molecule has 2 rings (SSSR count). The van der Waals surface area contributed by atoms with Crippen molar-refractivity contribution in [1.29, 1.82) is 0 Å². The highest BCUT2D eigenvalue weighted by Crippen LogP contribution is 2.29. The van der Waals surface area contributed by atoms with E-state index in [2.05, 4.69) is 26.2 Å². The summed E-state index contributed by atoms with van der Waals surface area (Å²) in [6.07, 6.45) is 1.59. The van der Waals surface area contributed by atoms with Crippen LogP contribution in [0, 0.1) is 10.1 Å². The molecule has 0 spiro atoms. The number of piperazine rings is 1. The van der Waals surface area contributed by atoms with E-state index >= 15 is 0 Å². The average molecular weight is 301 g/mol. The van der Waals surface area contributed by atoms with Crippen LogP contribution in [0.4, 0.5) is 11.5 Å². The summed E-state index contributed by atoms with van der Waals surface area (Å²) in [6.45, 7) is 4.39. The third kappa shape index (κ3) is 2.55. The fourth-order valence-corrected chi connectivity index (χ4v) is 2.25. The fourth-order valence-electron chi connectivity index (χ4n) is 1.93.